The minimum absolute atomic E-state index is 0.0125. The Morgan fingerprint density at radius 3 is 1.93 bits per heavy atom. The third-order valence-electron chi connectivity index (χ3n) is 11.8. The Kier molecular flexibility index (Phi) is 9.86. The molecule has 0 aromatic rings. The van der Waals surface area contributed by atoms with E-state index in [-0.39, 0.29) is 71.0 Å². The van der Waals surface area contributed by atoms with Crippen LogP contribution in [0.25, 0.3) is 0 Å². The molecule has 0 aromatic heterocycles. The average molecular weight is 607 g/mol. The fourth-order valence-corrected chi connectivity index (χ4v) is 10.1. The van der Waals surface area contributed by atoms with Crippen LogP contribution in [0.5, 0.6) is 0 Å². The summed E-state index contributed by atoms with van der Waals surface area (Å²) < 4.78 is 29.0. The molecule has 0 N–H and O–H groups in total. The van der Waals surface area contributed by atoms with Crippen LogP contribution in [-0.4, -0.2) is 61.4 Å². The van der Waals surface area contributed by atoms with Crippen molar-refractivity contribution in [3.05, 3.63) is 0 Å². The lowest BCUT2D eigenvalue weighted by atomic mass is 9.42. The molecule has 10 nitrogen and oxygen atoms in total. The van der Waals surface area contributed by atoms with Crippen LogP contribution in [0.3, 0.4) is 0 Å². The van der Waals surface area contributed by atoms with Crippen LogP contribution < -0.4 is 0 Å². The van der Waals surface area contributed by atoms with E-state index in [0.29, 0.717) is 32.1 Å². The van der Waals surface area contributed by atoms with Crippen LogP contribution >= 0.6 is 0 Å². The van der Waals surface area contributed by atoms with Gasteiger partial charge in [0.25, 0.3) is 0 Å². The van der Waals surface area contributed by atoms with E-state index in [4.69, 9.17) is 23.7 Å². The molecule has 0 aliphatic heterocycles. The van der Waals surface area contributed by atoms with Gasteiger partial charge in [-0.2, -0.15) is 0 Å². The molecule has 4 saturated carbocycles. The lowest BCUT2D eigenvalue weighted by Gasteiger charge is -2.65. The van der Waals surface area contributed by atoms with Crippen LogP contribution in [0, 0.1) is 46.3 Å². The Bertz CT molecular complexity index is 1100. The number of rotatable bonds is 8. The summed E-state index contributed by atoms with van der Waals surface area (Å²) in [4.78, 5) is 61.7. The van der Waals surface area contributed by atoms with Crippen molar-refractivity contribution in [3.63, 3.8) is 0 Å². The first-order valence-corrected chi connectivity index (χ1v) is 15.9. The summed E-state index contributed by atoms with van der Waals surface area (Å²) in [5.41, 5.74) is -0.786. The fraction of sp³-hybridized carbons (Fsp3) is 0.848. The highest BCUT2D eigenvalue weighted by atomic mass is 16.6. The molecule has 0 amide bonds. The number of hydrogen-bond donors (Lipinski definition) is 0. The van der Waals surface area contributed by atoms with Gasteiger partial charge in [-0.05, 0) is 74.0 Å². The molecule has 10 heteroatoms. The number of carbonyl (C=O) groups excluding carboxylic acids is 5. The highest BCUT2D eigenvalue weighted by Gasteiger charge is 2.70. The van der Waals surface area contributed by atoms with Crippen LogP contribution in [0.2, 0.25) is 0 Å². The standard InChI is InChI=1S/C33H50O10/c1-17(9-12-28(38)39-8)23-10-11-24-29-25(16-27(33(23,24)7)41-19(3)35)32(6)14-13-22(40-18(2)34)15-26(32)30(42-20(4)36)31(29)43-21(5)37/h17,22-27,29-31H,9-16H2,1-8H3/t17?,22-,23?,24?,25?,26+,27+,29?,30+,31+,32?,33?/m1/s1. The van der Waals surface area contributed by atoms with Crippen molar-refractivity contribution < 1.29 is 47.7 Å². The van der Waals surface area contributed by atoms with Gasteiger partial charge in [0.1, 0.15) is 24.4 Å². The van der Waals surface area contributed by atoms with Crippen LogP contribution in [-0.2, 0) is 47.7 Å². The molecule has 0 aromatic carbocycles. The van der Waals surface area contributed by atoms with Gasteiger partial charge in [-0.15, -0.1) is 0 Å². The maximum atomic E-state index is 12.7. The molecular weight excluding hydrogens is 556 g/mol. The number of esters is 5. The third kappa shape index (κ3) is 6.30. The van der Waals surface area contributed by atoms with Gasteiger partial charge in [-0.3, -0.25) is 24.0 Å². The van der Waals surface area contributed by atoms with Gasteiger partial charge in [0.15, 0.2) is 0 Å². The molecule has 43 heavy (non-hydrogen) atoms. The topological polar surface area (TPSA) is 132 Å². The second-order valence-electron chi connectivity index (χ2n) is 14.0. The van der Waals surface area contributed by atoms with E-state index in [9.17, 15) is 24.0 Å². The average Bonchev–Trinajstić information content (AvgIpc) is 3.27. The van der Waals surface area contributed by atoms with Gasteiger partial charge >= 0.3 is 29.8 Å². The largest absolute Gasteiger partial charge is 0.469 e. The Balaban J connectivity index is 1.80. The molecule has 0 spiro atoms. The molecule has 12 atom stereocenters. The Morgan fingerprint density at radius 1 is 0.744 bits per heavy atom. The van der Waals surface area contributed by atoms with Crippen molar-refractivity contribution in [2.24, 2.45) is 46.3 Å². The second-order valence-corrected chi connectivity index (χ2v) is 14.0. The summed E-state index contributed by atoms with van der Waals surface area (Å²) in [6, 6.07) is 0. The van der Waals surface area contributed by atoms with E-state index in [1.165, 1.54) is 34.8 Å². The zero-order chi connectivity index (χ0) is 31.9. The summed E-state index contributed by atoms with van der Waals surface area (Å²) in [5, 5.41) is 0. The van der Waals surface area contributed by atoms with Crippen molar-refractivity contribution in [1.82, 2.24) is 0 Å². The molecule has 0 saturated heterocycles. The van der Waals surface area contributed by atoms with Gasteiger partial charge in [0, 0.05) is 51.4 Å². The van der Waals surface area contributed by atoms with Gasteiger partial charge in [-0.25, -0.2) is 0 Å². The van der Waals surface area contributed by atoms with Crippen LogP contribution in [0.4, 0.5) is 0 Å². The SMILES string of the molecule is COC(=O)CCC(C)C1CCC2C3C(C[C@H](OC(C)=O)C12C)C1(C)CC[C@@H](OC(C)=O)C[C@H]1[C@H](OC(C)=O)[C@H]3OC(C)=O. The maximum Gasteiger partial charge on any atom is 0.305 e. The number of hydrogen-bond acceptors (Lipinski definition) is 10. The van der Waals surface area contributed by atoms with Crippen molar-refractivity contribution >= 4 is 29.8 Å². The molecule has 4 aliphatic carbocycles. The zero-order valence-corrected chi connectivity index (χ0v) is 27.0. The fourth-order valence-electron chi connectivity index (χ4n) is 10.1. The number of carbonyl (C=O) groups is 5. The summed E-state index contributed by atoms with van der Waals surface area (Å²) in [5.74, 6) is -1.84. The lowest BCUT2D eigenvalue weighted by molar-refractivity contribution is -0.258. The minimum atomic E-state index is -0.698. The first kappa shape index (κ1) is 33.2. The van der Waals surface area contributed by atoms with E-state index >= 15 is 0 Å². The summed E-state index contributed by atoms with van der Waals surface area (Å²) in [7, 11) is 1.39. The van der Waals surface area contributed by atoms with Crippen molar-refractivity contribution in [2.75, 3.05) is 7.11 Å². The maximum absolute atomic E-state index is 12.7. The zero-order valence-electron chi connectivity index (χ0n) is 27.0. The first-order chi connectivity index (χ1) is 20.1. The molecule has 4 fully saturated rings. The van der Waals surface area contributed by atoms with Crippen molar-refractivity contribution in [2.45, 2.75) is 124 Å². The highest BCUT2D eigenvalue weighted by Crippen LogP contribution is 2.69. The molecule has 0 heterocycles. The molecular formula is C33H50O10. The predicted octanol–water partition coefficient (Wildman–Crippen LogP) is 4.79. The second kappa shape index (κ2) is 12.8. The molecule has 7 unspecified atom stereocenters. The smallest absolute Gasteiger partial charge is 0.305 e. The Morgan fingerprint density at radius 2 is 1.35 bits per heavy atom. The molecule has 242 valence electrons. The summed E-state index contributed by atoms with van der Waals surface area (Å²) >= 11 is 0. The molecule has 0 radical (unpaired) electrons. The van der Waals surface area contributed by atoms with Crippen molar-refractivity contribution in [1.29, 1.82) is 0 Å². The van der Waals surface area contributed by atoms with E-state index in [1.807, 2.05) is 0 Å². The first-order valence-electron chi connectivity index (χ1n) is 15.9. The molecule has 0 bridgehead atoms. The lowest BCUT2D eigenvalue weighted by Crippen LogP contribution is -2.68. The van der Waals surface area contributed by atoms with Gasteiger partial charge < -0.3 is 23.7 Å². The van der Waals surface area contributed by atoms with Gasteiger partial charge in [0.2, 0.25) is 0 Å². The highest BCUT2D eigenvalue weighted by molar-refractivity contribution is 5.69. The Hall–Kier alpha value is -2.65. The van der Waals surface area contributed by atoms with E-state index < -0.39 is 29.6 Å². The quantitative estimate of drug-likeness (QED) is 0.281. The Labute approximate surface area is 255 Å². The number of methoxy groups -OCH3 is 1. The summed E-state index contributed by atoms with van der Waals surface area (Å²) in [6.45, 7) is 12.2. The number of ether oxygens (including phenoxy) is 5. The minimum Gasteiger partial charge on any atom is -0.469 e. The third-order valence-corrected chi connectivity index (χ3v) is 11.8. The predicted molar refractivity (Wildman–Crippen MR) is 154 cm³/mol. The van der Waals surface area contributed by atoms with Gasteiger partial charge in [0.05, 0.1) is 7.11 Å². The van der Waals surface area contributed by atoms with Crippen LogP contribution in [0.1, 0.15) is 99.8 Å². The molecule has 4 rings (SSSR count). The molecule has 4 aliphatic rings. The monoisotopic (exact) mass is 606 g/mol. The van der Waals surface area contributed by atoms with E-state index in [0.717, 1.165) is 19.3 Å². The van der Waals surface area contributed by atoms with Gasteiger partial charge in [-0.1, -0.05) is 20.8 Å². The summed E-state index contributed by atoms with van der Waals surface area (Å²) in [6.07, 6.45) is 3.09. The van der Waals surface area contributed by atoms with Crippen molar-refractivity contribution in [3.8, 4) is 0 Å². The van der Waals surface area contributed by atoms with E-state index in [1.54, 1.807) is 0 Å². The van der Waals surface area contributed by atoms with Crippen LogP contribution in [0.15, 0.2) is 0 Å². The normalized spacial score (nSPS) is 40.5. The number of fused-ring (bicyclic) bond motifs is 5. The van der Waals surface area contributed by atoms with E-state index in [2.05, 4.69) is 20.8 Å².